The van der Waals surface area contributed by atoms with Gasteiger partial charge < -0.3 is 9.80 Å². The van der Waals surface area contributed by atoms with Crippen LogP contribution in [-0.4, -0.2) is 26.2 Å². The van der Waals surface area contributed by atoms with E-state index in [0.717, 1.165) is 26.2 Å². The maximum atomic E-state index is 2.43. The lowest BCUT2D eigenvalue weighted by Gasteiger charge is -2.24. The van der Waals surface area contributed by atoms with Crippen LogP contribution in [0.2, 0.25) is 0 Å². The minimum atomic E-state index is 1.03. The zero-order valence-corrected chi connectivity index (χ0v) is 20.5. The van der Waals surface area contributed by atoms with Crippen LogP contribution in [0.25, 0.3) is 21.9 Å². The Labute approximate surface area is 185 Å². The number of nitrogens with zero attached hydrogens (tertiary/aromatic N) is 2. The molecule has 3 rings (SSSR count). The van der Waals surface area contributed by atoms with Gasteiger partial charge in [0.05, 0.1) is 0 Å². The highest BCUT2D eigenvalue weighted by Gasteiger charge is 2.11. The Hall–Kier alpha value is -2.48. The second-order valence-corrected chi connectivity index (χ2v) is 6.57. The summed E-state index contributed by atoms with van der Waals surface area (Å²) in [7, 11) is 0. The van der Waals surface area contributed by atoms with Crippen molar-refractivity contribution in [1.82, 2.24) is 0 Å². The smallest absolute Gasteiger partial charge is 0.0446 e. The van der Waals surface area contributed by atoms with Gasteiger partial charge in [0, 0.05) is 42.9 Å². The van der Waals surface area contributed by atoms with E-state index in [-0.39, 0.29) is 0 Å². The van der Waals surface area contributed by atoms with Gasteiger partial charge >= 0.3 is 0 Å². The van der Waals surface area contributed by atoms with Gasteiger partial charge in [-0.25, -0.2) is 0 Å². The van der Waals surface area contributed by atoms with E-state index in [1.807, 2.05) is 27.7 Å². The highest BCUT2D eigenvalue weighted by molar-refractivity contribution is 6.03. The average Bonchev–Trinajstić information content (AvgIpc) is 2.84. The third kappa shape index (κ3) is 5.78. The second-order valence-electron chi connectivity index (χ2n) is 6.57. The van der Waals surface area contributed by atoms with Crippen molar-refractivity contribution in [2.24, 2.45) is 0 Å². The van der Waals surface area contributed by atoms with Crippen LogP contribution in [0.15, 0.2) is 60.7 Å². The fourth-order valence-electron chi connectivity index (χ4n) is 3.82. The molecule has 0 N–H and O–H groups in total. The van der Waals surface area contributed by atoms with E-state index in [1.54, 1.807) is 0 Å². The summed E-state index contributed by atoms with van der Waals surface area (Å²) in [4.78, 5) is 4.81. The molecule has 2 nitrogen and oxygen atoms in total. The van der Waals surface area contributed by atoms with E-state index in [0.29, 0.717) is 0 Å². The van der Waals surface area contributed by atoms with E-state index < -0.39 is 0 Å². The van der Waals surface area contributed by atoms with E-state index in [4.69, 9.17) is 0 Å². The predicted molar refractivity (Wildman–Crippen MR) is 139 cm³/mol. The lowest BCUT2D eigenvalue weighted by Crippen LogP contribution is -2.22. The molecular weight excluding hydrogens is 364 g/mol. The summed E-state index contributed by atoms with van der Waals surface area (Å²) in [6, 6.07) is 22.3. The van der Waals surface area contributed by atoms with E-state index >= 15 is 0 Å². The van der Waals surface area contributed by atoms with E-state index in [9.17, 15) is 0 Å². The van der Waals surface area contributed by atoms with Crippen LogP contribution in [0.5, 0.6) is 0 Å². The summed E-state index contributed by atoms with van der Waals surface area (Å²) in [6.07, 6.45) is 0. The molecule has 0 aromatic heterocycles. The highest BCUT2D eigenvalue weighted by Crippen LogP contribution is 2.35. The van der Waals surface area contributed by atoms with Crippen molar-refractivity contribution in [2.45, 2.75) is 55.4 Å². The predicted octanol–water partition coefficient (Wildman–Crippen LogP) is 8.25. The third-order valence-corrected chi connectivity index (χ3v) is 5.31. The van der Waals surface area contributed by atoms with Crippen LogP contribution in [0.4, 0.5) is 11.4 Å². The molecule has 164 valence electrons. The van der Waals surface area contributed by atoms with E-state index in [1.165, 1.54) is 33.3 Å². The zero-order chi connectivity index (χ0) is 22.5. The van der Waals surface area contributed by atoms with Crippen molar-refractivity contribution in [2.75, 3.05) is 36.0 Å². The number of hydrogen-bond acceptors (Lipinski definition) is 2. The van der Waals surface area contributed by atoms with Gasteiger partial charge in [0.15, 0.2) is 0 Å². The first-order valence-electron chi connectivity index (χ1n) is 11.8. The maximum absolute atomic E-state index is 2.43. The third-order valence-electron chi connectivity index (χ3n) is 5.31. The van der Waals surface area contributed by atoms with Gasteiger partial charge in [-0.15, -0.1) is 0 Å². The minimum absolute atomic E-state index is 1.03. The summed E-state index contributed by atoms with van der Waals surface area (Å²) >= 11 is 0. The SMILES string of the molecule is CC.CC.CCN(CC)c1ccc(-c2ccc(N(CC)CC)c3ccccc23)cc1. The summed E-state index contributed by atoms with van der Waals surface area (Å²) < 4.78 is 0. The lowest BCUT2D eigenvalue weighted by molar-refractivity contribution is 0.866. The second kappa shape index (κ2) is 13.7. The minimum Gasteiger partial charge on any atom is -0.372 e. The first-order valence-corrected chi connectivity index (χ1v) is 11.8. The molecule has 0 amide bonds. The van der Waals surface area contributed by atoms with Crippen LogP contribution >= 0.6 is 0 Å². The molecule has 0 bridgehead atoms. The fraction of sp³-hybridized carbons (Fsp3) is 0.429. The average molecular weight is 407 g/mol. The fourth-order valence-corrected chi connectivity index (χ4v) is 3.82. The Morgan fingerprint density at radius 3 is 1.53 bits per heavy atom. The number of benzene rings is 3. The molecule has 0 spiro atoms. The van der Waals surface area contributed by atoms with Gasteiger partial charge in [0.2, 0.25) is 0 Å². The molecule has 0 atom stereocenters. The Morgan fingerprint density at radius 1 is 0.533 bits per heavy atom. The molecule has 30 heavy (non-hydrogen) atoms. The van der Waals surface area contributed by atoms with E-state index in [2.05, 4.69) is 98.2 Å². The Balaban J connectivity index is 0.00000106. The topological polar surface area (TPSA) is 6.48 Å². The van der Waals surface area contributed by atoms with Gasteiger partial charge in [-0.05, 0) is 62.4 Å². The standard InChI is InChI=1S/C24H30N2.2C2H6/c1-5-25(6-2)20-15-13-19(14-16-20)21-17-18-24(26(7-3)8-4)23-12-10-9-11-22(21)23;2*1-2/h9-18H,5-8H2,1-4H3;2*1-2H3. The molecule has 3 aromatic rings. The molecule has 0 saturated heterocycles. The molecule has 2 heteroatoms. The first kappa shape index (κ1) is 25.6. The Kier molecular flexibility index (Phi) is 11.7. The first-order chi connectivity index (χ1) is 14.7. The number of rotatable bonds is 7. The molecule has 0 aliphatic heterocycles. The van der Waals surface area contributed by atoms with Crippen molar-refractivity contribution in [3.63, 3.8) is 0 Å². The van der Waals surface area contributed by atoms with Gasteiger partial charge in [-0.2, -0.15) is 0 Å². The van der Waals surface area contributed by atoms with Crippen molar-refractivity contribution in [1.29, 1.82) is 0 Å². The molecular formula is C28H42N2. The van der Waals surface area contributed by atoms with Crippen molar-refractivity contribution in [3.8, 4) is 11.1 Å². The monoisotopic (exact) mass is 406 g/mol. The molecule has 0 aliphatic rings. The molecule has 0 aliphatic carbocycles. The summed E-state index contributed by atoms with van der Waals surface area (Å²) in [5.74, 6) is 0. The summed E-state index contributed by atoms with van der Waals surface area (Å²) in [5, 5.41) is 2.66. The van der Waals surface area contributed by atoms with Gasteiger partial charge in [-0.1, -0.05) is 70.2 Å². The summed E-state index contributed by atoms with van der Waals surface area (Å²) in [6.45, 7) is 21.0. The van der Waals surface area contributed by atoms with Crippen LogP contribution in [-0.2, 0) is 0 Å². The normalized spacial score (nSPS) is 9.87. The number of fused-ring (bicyclic) bond motifs is 1. The number of anilines is 2. The zero-order valence-electron chi connectivity index (χ0n) is 20.5. The maximum Gasteiger partial charge on any atom is 0.0446 e. The largest absolute Gasteiger partial charge is 0.372 e. The lowest BCUT2D eigenvalue weighted by atomic mass is 9.96. The van der Waals surface area contributed by atoms with Crippen LogP contribution in [0.3, 0.4) is 0 Å². The molecule has 0 heterocycles. The highest BCUT2D eigenvalue weighted by atomic mass is 15.1. The molecule has 0 saturated carbocycles. The molecule has 3 aromatic carbocycles. The van der Waals surface area contributed by atoms with Crippen molar-refractivity contribution >= 4 is 22.1 Å². The van der Waals surface area contributed by atoms with Crippen LogP contribution in [0.1, 0.15) is 55.4 Å². The Bertz CT molecular complexity index is 844. The summed E-state index contributed by atoms with van der Waals surface area (Å²) in [5.41, 5.74) is 5.21. The Morgan fingerprint density at radius 2 is 1.03 bits per heavy atom. The van der Waals surface area contributed by atoms with Crippen LogP contribution in [0, 0.1) is 0 Å². The quantitative estimate of drug-likeness (QED) is 0.389. The molecule has 0 fully saturated rings. The van der Waals surface area contributed by atoms with Crippen LogP contribution < -0.4 is 9.80 Å². The number of hydrogen-bond donors (Lipinski definition) is 0. The van der Waals surface area contributed by atoms with Crippen molar-refractivity contribution < 1.29 is 0 Å². The van der Waals surface area contributed by atoms with Gasteiger partial charge in [-0.3, -0.25) is 0 Å². The van der Waals surface area contributed by atoms with Crippen molar-refractivity contribution in [3.05, 3.63) is 60.7 Å². The van der Waals surface area contributed by atoms with Gasteiger partial charge in [0.25, 0.3) is 0 Å². The van der Waals surface area contributed by atoms with Gasteiger partial charge in [0.1, 0.15) is 0 Å². The molecule has 0 radical (unpaired) electrons. The molecule has 0 unspecified atom stereocenters.